The van der Waals surface area contributed by atoms with Crippen molar-refractivity contribution >= 4 is 18.2 Å². The number of rotatable bonds is 7. The predicted molar refractivity (Wildman–Crippen MR) is 95.9 cm³/mol. The molecule has 0 saturated carbocycles. The highest BCUT2D eigenvalue weighted by Crippen LogP contribution is 2.30. The lowest BCUT2D eigenvalue weighted by molar-refractivity contribution is 0.0725. The summed E-state index contributed by atoms with van der Waals surface area (Å²) in [6.45, 7) is 2.18. The van der Waals surface area contributed by atoms with Crippen molar-refractivity contribution in [1.29, 1.82) is 0 Å². The van der Waals surface area contributed by atoms with Crippen molar-refractivity contribution in [1.82, 2.24) is 5.43 Å². The number of benzene rings is 2. The molecule has 0 atom stereocenters. The second kappa shape index (κ2) is 9.07. The number of hydrazone groups is 1. The molecule has 2 amide bonds. The molecule has 26 heavy (non-hydrogen) atoms. The molecular weight excluding hydrogens is 338 g/mol. The Bertz CT molecular complexity index is 820. The van der Waals surface area contributed by atoms with Gasteiger partial charge in [-0.15, -0.1) is 0 Å². The molecule has 0 unspecified atom stereocenters. The summed E-state index contributed by atoms with van der Waals surface area (Å²) < 4.78 is 16.1. The largest absolute Gasteiger partial charge is 0.496 e. The lowest BCUT2D eigenvalue weighted by Gasteiger charge is -2.12. The summed E-state index contributed by atoms with van der Waals surface area (Å²) in [4.78, 5) is 23.1. The van der Waals surface area contributed by atoms with Gasteiger partial charge in [0.2, 0.25) is 0 Å². The summed E-state index contributed by atoms with van der Waals surface area (Å²) in [5.74, 6) is 0.457. The number of hydrogen-bond donors (Lipinski definition) is 2. The van der Waals surface area contributed by atoms with Crippen LogP contribution in [0.4, 0.5) is 4.79 Å². The van der Waals surface area contributed by atoms with Crippen LogP contribution in [0.25, 0.3) is 0 Å². The molecule has 0 heterocycles. The monoisotopic (exact) mass is 357 g/mol. The molecule has 2 aromatic rings. The number of primary amides is 1. The second-order valence-corrected chi connectivity index (χ2v) is 4.96. The number of carbonyl (C=O) groups excluding carboxylic acids is 2. The third-order valence-electron chi connectivity index (χ3n) is 3.19. The third-order valence-corrected chi connectivity index (χ3v) is 3.19. The first-order valence-corrected chi connectivity index (χ1v) is 7.75. The summed E-state index contributed by atoms with van der Waals surface area (Å²) in [5, 5.41) is 3.67. The van der Waals surface area contributed by atoms with E-state index in [0.717, 1.165) is 0 Å². The number of esters is 1. The molecular formula is C18H19N3O5. The molecule has 136 valence electrons. The summed E-state index contributed by atoms with van der Waals surface area (Å²) in [7, 11) is 1.48. The zero-order valence-electron chi connectivity index (χ0n) is 14.4. The molecule has 0 aliphatic carbocycles. The van der Waals surface area contributed by atoms with Crippen LogP contribution >= 0.6 is 0 Å². The van der Waals surface area contributed by atoms with Crippen LogP contribution in [-0.4, -0.2) is 31.9 Å². The van der Waals surface area contributed by atoms with E-state index in [-0.39, 0.29) is 5.75 Å². The van der Waals surface area contributed by atoms with Gasteiger partial charge in [-0.25, -0.2) is 15.0 Å². The number of para-hydroxylation sites is 1. The van der Waals surface area contributed by atoms with Crippen LogP contribution in [0.1, 0.15) is 22.8 Å². The van der Waals surface area contributed by atoms with Crippen LogP contribution in [0, 0.1) is 0 Å². The second-order valence-electron chi connectivity index (χ2n) is 4.96. The highest BCUT2D eigenvalue weighted by Gasteiger charge is 2.16. The third kappa shape index (κ3) is 4.97. The average Bonchev–Trinajstić information content (AvgIpc) is 2.63. The molecule has 0 saturated heterocycles. The number of carbonyl (C=O) groups is 2. The number of nitrogens with two attached hydrogens (primary N) is 1. The fraction of sp³-hybridized carbons (Fsp3) is 0.167. The van der Waals surface area contributed by atoms with Gasteiger partial charge >= 0.3 is 12.0 Å². The lowest BCUT2D eigenvalue weighted by Crippen LogP contribution is -2.24. The minimum Gasteiger partial charge on any atom is -0.496 e. The van der Waals surface area contributed by atoms with E-state index in [9.17, 15) is 9.59 Å². The lowest BCUT2D eigenvalue weighted by atomic mass is 10.2. The summed E-state index contributed by atoms with van der Waals surface area (Å²) >= 11 is 0. The Labute approximate surface area is 150 Å². The molecule has 0 radical (unpaired) electrons. The van der Waals surface area contributed by atoms with Crippen molar-refractivity contribution in [3.63, 3.8) is 0 Å². The molecule has 0 spiro atoms. The first-order valence-electron chi connectivity index (χ1n) is 7.75. The van der Waals surface area contributed by atoms with Crippen LogP contribution < -0.4 is 25.4 Å². The van der Waals surface area contributed by atoms with Crippen molar-refractivity contribution in [2.75, 3.05) is 13.7 Å². The van der Waals surface area contributed by atoms with Gasteiger partial charge < -0.3 is 19.9 Å². The smallest absolute Gasteiger partial charge is 0.347 e. The first-order chi connectivity index (χ1) is 12.5. The topological polar surface area (TPSA) is 112 Å². The summed E-state index contributed by atoms with van der Waals surface area (Å²) in [6.07, 6.45) is 1.39. The van der Waals surface area contributed by atoms with Crippen molar-refractivity contribution in [3.05, 3.63) is 53.6 Å². The van der Waals surface area contributed by atoms with Crippen molar-refractivity contribution < 1.29 is 23.8 Å². The summed E-state index contributed by atoms with van der Waals surface area (Å²) in [6, 6.07) is 10.8. The van der Waals surface area contributed by atoms with Gasteiger partial charge in [0, 0.05) is 0 Å². The molecule has 3 N–H and O–H groups in total. The van der Waals surface area contributed by atoms with Gasteiger partial charge in [-0.3, -0.25) is 0 Å². The molecule has 2 rings (SSSR count). The maximum absolute atomic E-state index is 12.4. The molecule has 8 nitrogen and oxygen atoms in total. The average molecular weight is 357 g/mol. The highest BCUT2D eigenvalue weighted by molar-refractivity contribution is 5.94. The fourth-order valence-electron chi connectivity index (χ4n) is 2.10. The van der Waals surface area contributed by atoms with Gasteiger partial charge in [0.15, 0.2) is 11.5 Å². The maximum Gasteiger partial charge on any atom is 0.347 e. The minimum atomic E-state index is -0.770. The van der Waals surface area contributed by atoms with Gasteiger partial charge in [0.05, 0.1) is 19.9 Å². The standard InChI is InChI=1S/C18H19N3O5/c1-3-25-16-10-12(11-20-21-18(19)23)8-9-15(16)26-17(22)13-6-4-5-7-14(13)24-2/h4-11H,3H2,1-2H3,(H3,19,21,23)/b20-11-. The zero-order valence-corrected chi connectivity index (χ0v) is 14.4. The maximum atomic E-state index is 12.4. The van der Waals surface area contributed by atoms with Crippen LogP contribution in [0.3, 0.4) is 0 Å². The first kappa shape index (κ1) is 18.8. The van der Waals surface area contributed by atoms with Crippen LogP contribution in [0.2, 0.25) is 0 Å². The number of methoxy groups -OCH3 is 1. The van der Waals surface area contributed by atoms with Gasteiger partial charge in [-0.05, 0) is 42.8 Å². The Kier molecular flexibility index (Phi) is 6.55. The van der Waals surface area contributed by atoms with Crippen LogP contribution in [0.15, 0.2) is 47.6 Å². The van der Waals surface area contributed by atoms with E-state index >= 15 is 0 Å². The molecule has 0 bridgehead atoms. The van der Waals surface area contributed by atoms with E-state index in [2.05, 4.69) is 10.5 Å². The van der Waals surface area contributed by atoms with Crippen molar-refractivity contribution in [2.45, 2.75) is 6.92 Å². The number of hydrogen-bond acceptors (Lipinski definition) is 6. The number of nitrogens with one attached hydrogen (secondary N) is 1. The SMILES string of the molecule is CCOc1cc(/C=N\NC(N)=O)ccc1OC(=O)c1ccccc1OC. The number of urea groups is 1. The van der Waals surface area contributed by atoms with E-state index in [1.165, 1.54) is 13.3 Å². The minimum absolute atomic E-state index is 0.253. The Morgan fingerprint density at radius 1 is 1.15 bits per heavy atom. The summed E-state index contributed by atoms with van der Waals surface area (Å²) in [5.41, 5.74) is 7.95. The Morgan fingerprint density at radius 3 is 2.62 bits per heavy atom. The quantitative estimate of drug-likeness (QED) is 0.342. The molecule has 0 aliphatic heterocycles. The fourth-order valence-corrected chi connectivity index (χ4v) is 2.10. The van der Waals surface area contributed by atoms with Gasteiger partial charge in [-0.2, -0.15) is 5.10 Å². The molecule has 2 aromatic carbocycles. The number of amides is 2. The molecule has 0 aromatic heterocycles. The van der Waals surface area contributed by atoms with E-state index in [1.807, 2.05) is 0 Å². The normalized spacial score (nSPS) is 10.4. The zero-order chi connectivity index (χ0) is 18.9. The van der Waals surface area contributed by atoms with Gasteiger partial charge in [0.1, 0.15) is 11.3 Å². The number of ether oxygens (including phenoxy) is 3. The predicted octanol–water partition coefficient (Wildman–Crippen LogP) is 2.32. The van der Waals surface area contributed by atoms with E-state index in [4.69, 9.17) is 19.9 Å². The van der Waals surface area contributed by atoms with Crippen LogP contribution in [0.5, 0.6) is 17.2 Å². The van der Waals surface area contributed by atoms with E-state index < -0.39 is 12.0 Å². The van der Waals surface area contributed by atoms with E-state index in [1.54, 1.807) is 49.4 Å². The van der Waals surface area contributed by atoms with Gasteiger partial charge in [-0.1, -0.05) is 12.1 Å². The Hall–Kier alpha value is -3.55. The molecule has 0 aliphatic rings. The van der Waals surface area contributed by atoms with E-state index in [0.29, 0.717) is 29.2 Å². The number of nitrogens with zero attached hydrogens (tertiary/aromatic N) is 1. The van der Waals surface area contributed by atoms with Gasteiger partial charge in [0.25, 0.3) is 0 Å². The molecule has 0 fully saturated rings. The highest BCUT2D eigenvalue weighted by atomic mass is 16.6. The Morgan fingerprint density at radius 2 is 1.92 bits per heavy atom. The molecule has 8 heteroatoms. The Balaban J connectivity index is 2.23. The van der Waals surface area contributed by atoms with Crippen LogP contribution in [-0.2, 0) is 0 Å². The van der Waals surface area contributed by atoms with Crippen molar-refractivity contribution in [2.24, 2.45) is 10.8 Å². The van der Waals surface area contributed by atoms with Crippen molar-refractivity contribution in [3.8, 4) is 17.2 Å².